The van der Waals surface area contributed by atoms with Crippen LogP contribution in [0.25, 0.3) is 0 Å². The summed E-state index contributed by atoms with van der Waals surface area (Å²) in [6.07, 6.45) is 2.85. The molecule has 0 aliphatic heterocycles. The maximum absolute atomic E-state index is 10.9. The van der Waals surface area contributed by atoms with E-state index in [0.29, 0.717) is 0 Å². The summed E-state index contributed by atoms with van der Waals surface area (Å²) in [6, 6.07) is 0.177. The van der Waals surface area contributed by atoms with Gasteiger partial charge >= 0.3 is 0 Å². The summed E-state index contributed by atoms with van der Waals surface area (Å²) in [6.45, 7) is 10.4. The summed E-state index contributed by atoms with van der Waals surface area (Å²) in [4.78, 5) is 0. The van der Waals surface area contributed by atoms with E-state index in [9.17, 15) is 5.11 Å². The molecule has 2 aromatic heterocycles. The number of halogens is 1. The number of aryl methyl sites for hydroxylation is 1. The second-order valence-electron chi connectivity index (χ2n) is 6.68. The van der Waals surface area contributed by atoms with Crippen molar-refractivity contribution in [1.82, 2.24) is 19.6 Å². The fraction of sp³-hybridized carbons (Fsp3) is 0.600. The van der Waals surface area contributed by atoms with E-state index in [4.69, 9.17) is 0 Å². The van der Waals surface area contributed by atoms with Crippen LogP contribution < -0.4 is 0 Å². The summed E-state index contributed by atoms with van der Waals surface area (Å²) in [5.74, 6) is 0. The van der Waals surface area contributed by atoms with Crippen molar-refractivity contribution >= 4 is 15.9 Å². The van der Waals surface area contributed by atoms with Gasteiger partial charge in [-0.15, -0.1) is 0 Å². The van der Waals surface area contributed by atoms with E-state index in [0.717, 1.165) is 21.4 Å². The zero-order valence-corrected chi connectivity index (χ0v) is 15.0. The van der Waals surface area contributed by atoms with Crippen molar-refractivity contribution in [2.24, 2.45) is 7.05 Å². The van der Waals surface area contributed by atoms with Crippen LogP contribution in [0.1, 0.15) is 63.7 Å². The van der Waals surface area contributed by atoms with E-state index in [1.54, 1.807) is 10.9 Å². The van der Waals surface area contributed by atoms with E-state index in [-0.39, 0.29) is 11.5 Å². The quantitative estimate of drug-likeness (QED) is 0.919. The van der Waals surface area contributed by atoms with Crippen LogP contribution >= 0.6 is 15.9 Å². The first-order valence-electron chi connectivity index (χ1n) is 7.08. The van der Waals surface area contributed by atoms with Crippen LogP contribution in [0, 0.1) is 0 Å². The Morgan fingerprint density at radius 1 is 1.29 bits per heavy atom. The summed E-state index contributed by atoms with van der Waals surface area (Å²) in [5, 5.41) is 19.8. The van der Waals surface area contributed by atoms with E-state index in [1.165, 1.54) is 0 Å². The Morgan fingerprint density at radius 3 is 2.43 bits per heavy atom. The van der Waals surface area contributed by atoms with Gasteiger partial charge in [-0.25, -0.2) is 0 Å². The molecule has 6 heteroatoms. The van der Waals surface area contributed by atoms with Crippen molar-refractivity contribution in [1.29, 1.82) is 0 Å². The molecular formula is C15H23BrN4O. The zero-order valence-electron chi connectivity index (χ0n) is 13.4. The molecule has 1 atom stereocenters. The second kappa shape index (κ2) is 5.57. The fourth-order valence-corrected chi connectivity index (χ4v) is 2.95. The Balaban J connectivity index is 2.56. The molecule has 0 aromatic carbocycles. The van der Waals surface area contributed by atoms with Gasteiger partial charge in [0.25, 0.3) is 0 Å². The lowest BCUT2D eigenvalue weighted by Crippen LogP contribution is -2.18. The molecule has 2 heterocycles. The first-order chi connectivity index (χ1) is 9.62. The molecule has 1 N–H and O–H groups in total. The molecule has 2 rings (SSSR count). The molecule has 5 nitrogen and oxygen atoms in total. The predicted molar refractivity (Wildman–Crippen MR) is 86.3 cm³/mol. The van der Waals surface area contributed by atoms with Crippen LogP contribution in [0.3, 0.4) is 0 Å². The highest BCUT2D eigenvalue weighted by Gasteiger charge is 2.29. The summed E-state index contributed by atoms with van der Waals surface area (Å²) >= 11 is 3.49. The zero-order chi connectivity index (χ0) is 15.9. The van der Waals surface area contributed by atoms with E-state index >= 15 is 0 Å². The second-order valence-corrected chi connectivity index (χ2v) is 7.53. The lowest BCUT2D eigenvalue weighted by molar-refractivity contribution is 0.201. The summed E-state index contributed by atoms with van der Waals surface area (Å²) in [5.41, 5.74) is 2.37. The molecule has 21 heavy (non-hydrogen) atoms. The van der Waals surface area contributed by atoms with Crippen molar-refractivity contribution in [3.05, 3.63) is 33.8 Å². The minimum atomic E-state index is -0.757. The molecule has 0 saturated heterocycles. The third-order valence-corrected chi connectivity index (χ3v) is 4.01. The lowest BCUT2D eigenvalue weighted by atomic mass is 9.87. The maximum atomic E-state index is 10.9. The molecule has 0 aliphatic rings. The molecule has 116 valence electrons. The van der Waals surface area contributed by atoms with Gasteiger partial charge < -0.3 is 5.11 Å². The first-order valence-corrected chi connectivity index (χ1v) is 7.87. The maximum Gasteiger partial charge on any atom is 0.125 e. The molecule has 0 fully saturated rings. The normalized spacial score (nSPS) is 14.0. The Labute approximate surface area is 134 Å². The Hall–Kier alpha value is -1.14. The minimum Gasteiger partial charge on any atom is -0.382 e. The van der Waals surface area contributed by atoms with Crippen LogP contribution in [0.2, 0.25) is 0 Å². The van der Waals surface area contributed by atoms with Gasteiger partial charge in [0.05, 0.1) is 22.1 Å². The van der Waals surface area contributed by atoms with Gasteiger partial charge in [0.1, 0.15) is 6.10 Å². The van der Waals surface area contributed by atoms with E-state index in [1.807, 2.05) is 31.8 Å². The Morgan fingerprint density at radius 2 is 1.90 bits per heavy atom. The van der Waals surface area contributed by atoms with Crippen LogP contribution in [0.5, 0.6) is 0 Å². The van der Waals surface area contributed by atoms with E-state index in [2.05, 4.69) is 46.9 Å². The molecule has 0 aliphatic carbocycles. The Kier molecular flexibility index (Phi) is 4.31. The van der Waals surface area contributed by atoms with E-state index < -0.39 is 6.10 Å². The molecule has 2 aromatic rings. The van der Waals surface area contributed by atoms with Crippen molar-refractivity contribution in [2.75, 3.05) is 0 Å². The van der Waals surface area contributed by atoms with Crippen molar-refractivity contribution in [3.8, 4) is 0 Å². The molecule has 0 amide bonds. The monoisotopic (exact) mass is 354 g/mol. The van der Waals surface area contributed by atoms with Gasteiger partial charge in [-0.1, -0.05) is 20.8 Å². The molecule has 0 spiro atoms. The molecule has 0 bridgehead atoms. The SMILES string of the molecule is CC(C)n1ncc(Br)c1C(O)c1cn(C)nc1C(C)(C)C. The topological polar surface area (TPSA) is 55.9 Å². The van der Waals surface area contributed by atoms with Gasteiger partial charge in [0, 0.05) is 30.3 Å². The number of nitrogens with zero attached hydrogens (tertiary/aromatic N) is 4. The smallest absolute Gasteiger partial charge is 0.125 e. The average molecular weight is 355 g/mol. The minimum absolute atomic E-state index is 0.132. The number of aliphatic hydroxyl groups is 1. The highest BCUT2D eigenvalue weighted by molar-refractivity contribution is 9.10. The predicted octanol–water partition coefficient (Wildman–Crippen LogP) is 3.34. The number of hydrogen-bond donors (Lipinski definition) is 1. The van der Waals surface area contributed by atoms with Gasteiger partial charge in [0.2, 0.25) is 0 Å². The molecule has 1 unspecified atom stereocenters. The average Bonchev–Trinajstić information content (AvgIpc) is 2.91. The van der Waals surface area contributed by atoms with Crippen molar-refractivity contribution in [2.45, 2.75) is 52.2 Å². The third kappa shape index (κ3) is 3.06. The van der Waals surface area contributed by atoms with Crippen molar-refractivity contribution in [3.63, 3.8) is 0 Å². The highest BCUT2D eigenvalue weighted by atomic mass is 79.9. The van der Waals surface area contributed by atoms with Crippen LogP contribution in [-0.4, -0.2) is 24.7 Å². The third-order valence-electron chi connectivity index (χ3n) is 3.40. The number of aromatic nitrogens is 4. The summed E-state index contributed by atoms with van der Waals surface area (Å²) in [7, 11) is 1.88. The Bertz CT molecular complexity index is 637. The molecule has 0 saturated carbocycles. The number of rotatable bonds is 3. The fourth-order valence-electron chi connectivity index (χ4n) is 2.46. The van der Waals surface area contributed by atoms with Gasteiger partial charge in [-0.2, -0.15) is 10.2 Å². The lowest BCUT2D eigenvalue weighted by Gasteiger charge is -2.21. The van der Waals surface area contributed by atoms with Gasteiger partial charge in [0.15, 0.2) is 0 Å². The summed E-state index contributed by atoms with van der Waals surface area (Å²) < 4.78 is 4.41. The van der Waals surface area contributed by atoms with Crippen LogP contribution in [0.15, 0.2) is 16.9 Å². The van der Waals surface area contributed by atoms with Gasteiger partial charge in [-0.3, -0.25) is 9.36 Å². The van der Waals surface area contributed by atoms with Crippen LogP contribution in [0.4, 0.5) is 0 Å². The van der Waals surface area contributed by atoms with Crippen molar-refractivity contribution < 1.29 is 5.11 Å². The van der Waals surface area contributed by atoms with Crippen LogP contribution in [-0.2, 0) is 12.5 Å². The largest absolute Gasteiger partial charge is 0.382 e. The standard InChI is InChI=1S/C15H23BrN4O/c1-9(2)20-12(11(16)7-17-20)13(21)10-8-19(6)18-14(10)15(3,4)5/h7-9,13,21H,1-6H3. The number of hydrogen-bond acceptors (Lipinski definition) is 3. The van der Waals surface area contributed by atoms with Gasteiger partial charge in [-0.05, 0) is 29.8 Å². The first kappa shape index (κ1) is 16.2. The number of aliphatic hydroxyl groups excluding tert-OH is 1. The molecular weight excluding hydrogens is 332 g/mol. The highest BCUT2D eigenvalue weighted by Crippen LogP contribution is 2.35. The molecule has 0 radical (unpaired) electrons.